The first-order valence-electron chi connectivity index (χ1n) is 18.5. The molecule has 5 rings (SSSR count). The lowest BCUT2D eigenvalue weighted by Gasteiger charge is -2.33. The molecule has 1 aromatic heterocycles. The normalized spacial score (nSPS) is 22.0. The Morgan fingerprint density at radius 2 is 1.45 bits per heavy atom. The maximum Gasteiger partial charge on any atom is 0.254 e. The molecule has 4 N–H and O–H groups in total. The number of hydrogen-bond acceptors (Lipinski definition) is 9. The van der Waals surface area contributed by atoms with E-state index < -0.39 is 72.2 Å². The zero-order valence-corrected chi connectivity index (χ0v) is 32.1. The number of rotatable bonds is 7. The van der Waals surface area contributed by atoms with E-state index in [1.807, 2.05) is 36.4 Å². The molecule has 0 saturated carbocycles. The molecule has 0 unspecified atom stereocenters. The second kappa shape index (κ2) is 18.7. The Morgan fingerprint density at radius 3 is 2.07 bits per heavy atom. The van der Waals surface area contributed by atoms with Crippen LogP contribution in [-0.4, -0.2) is 110 Å². The van der Waals surface area contributed by atoms with E-state index in [-0.39, 0.29) is 24.4 Å². The molecule has 2 heterocycles. The Balaban J connectivity index is 1.53. The van der Waals surface area contributed by atoms with Gasteiger partial charge in [0.05, 0.1) is 19.1 Å². The first kappa shape index (κ1) is 40.7. The number of tetrazole rings is 1. The van der Waals surface area contributed by atoms with Gasteiger partial charge in [0.2, 0.25) is 29.5 Å². The molecule has 16 heteroatoms. The summed E-state index contributed by atoms with van der Waals surface area (Å²) in [5.41, 5.74) is 2.50. The van der Waals surface area contributed by atoms with E-state index in [0.29, 0.717) is 12.1 Å². The van der Waals surface area contributed by atoms with Crippen molar-refractivity contribution < 1.29 is 28.8 Å². The Labute approximate surface area is 325 Å². The van der Waals surface area contributed by atoms with Crippen molar-refractivity contribution in [3.8, 4) is 0 Å². The summed E-state index contributed by atoms with van der Waals surface area (Å²) < 4.78 is 1.54. The second-order valence-corrected chi connectivity index (χ2v) is 14.3. The lowest BCUT2D eigenvalue weighted by molar-refractivity contribution is -0.142. The highest BCUT2D eigenvalue weighted by atomic mass is 16.2. The molecule has 0 bridgehead atoms. The number of nitrogens with one attached hydrogen (secondary N) is 4. The molecule has 1 saturated heterocycles. The van der Waals surface area contributed by atoms with Crippen LogP contribution in [0.4, 0.5) is 0 Å². The number of carbonyl (C=O) groups excluding carboxylic acids is 6. The van der Waals surface area contributed by atoms with Gasteiger partial charge in [0.1, 0.15) is 30.5 Å². The number of amides is 6. The molecule has 0 radical (unpaired) electrons. The minimum atomic E-state index is -1.12. The maximum absolute atomic E-state index is 14.4. The van der Waals surface area contributed by atoms with Crippen molar-refractivity contribution in [1.82, 2.24) is 51.3 Å². The van der Waals surface area contributed by atoms with Crippen LogP contribution in [0.25, 0.3) is 0 Å². The van der Waals surface area contributed by atoms with E-state index in [9.17, 15) is 28.8 Å². The highest BCUT2D eigenvalue weighted by Crippen LogP contribution is 2.18. The molecule has 3 aromatic carbocycles. The van der Waals surface area contributed by atoms with Gasteiger partial charge in [-0.25, -0.2) is 4.68 Å². The first-order chi connectivity index (χ1) is 26.8. The third-order valence-corrected chi connectivity index (χ3v) is 9.70. The van der Waals surface area contributed by atoms with Crippen molar-refractivity contribution in [3.63, 3.8) is 0 Å². The monoisotopic (exact) mass is 764 g/mol. The van der Waals surface area contributed by atoms with Gasteiger partial charge in [-0.05, 0) is 59.0 Å². The lowest BCUT2D eigenvalue weighted by Crippen LogP contribution is -2.59. The van der Waals surface area contributed by atoms with Gasteiger partial charge in [-0.1, -0.05) is 86.6 Å². The summed E-state index contributed by atoms with van der Waals surface area (Å²) >= 11 is 0. The van der Waals surface area contributed by atoms with Crippen LogP contribution in [0.1, 0.15) is 60.8 Å². The van der Waals surface area contributed by atoms with Crippen molar-refractivity contribution in [2.75, 3.05) is 20.1 Å². The topological polar surface area (TPSA) is 201 Å². The number of aromatic nitrogens is 4. The highest BCUT2D eigenvalue weighted by Gasteiger charge is 2.35. The fourth-order valence-electron chi connectivity index (χ4n) is 6.28. The van der Waals surface area contributed by atoms with Gasteiger partial charge in [0.25, 0.3) is 5.91 Å². The van der Waals surface area contributed by atoms with E-state index in [0.717, 1.165) is 11.1 Å². The summed E-state index contributed by atoms with van der Waals surface area (Å²) in [6.45, 7) is 6.29. The first-order valence-corrected chi connectivity index (χ1v) is 18.5. The smallest absolute Gasteiger partial charge is 0.254 e. The van der Waals surface area contributed by atoms with Gasteiger partial charge in [-0.15, -0.1) is 5.10 Å². The van der Waals surface area contributed by atoms with E-state index in [2.05, 4.69) is 36.8 Å². The van der Waals surface area contributed by atoms with Crippen LogP contribution < -0.4 is 21.3 Å². The molecule has 56 heavy (non-hydrogen) atoms. The van der Waals surface area contributed by atoms with Gasteiger partial charge in [0.15, 0.2) is 0 Å². The van der Waals surface area contributed by atoms with Crippen LogP contribution in [0.15, 0.2) is 91.3 Å². The molecule has 5 atom stereocenters. The minimum Gasteiger partial charge on any atom is -0.346 e. The molecular weight excluding hydrogens is 717 g/mol. The standard InChI is InChI=1S/C40H48N10O6/c1-25(2)35-38(54)42-26(3)36(52)44-33(30-14-10-7-11-15-30)22-49(39(55)31-18-16-29(17-19-31)21-50-24-41-46-47-50)23-34(51)43-32(20-28-12-8-6-9-13-28)40(56)48(5)27(4)37(53)45-35/h6-19,24-27,32-33,35H,20-23H2,1-5H3,(H,42,54)(H,43,51)(H,44,52)(H,45,53)/t26-,27-,32-,33-,35+/m0/s1. The Hall–Kier alpha value is -6.45. The van der Waals surface area contributed by atoms with Gasteiger partial charge >= 0.3 is 0 Å². The average molecular weight is 765 g/mol. The van der Waals surface area contributed by atoms with Crippen molar-refractivity contribution in [2.24, 2.45) is 5.92 Å². The zero-order valence-electron chi connectivity index (χ0n) is 32.1. The second-order valence-electron chi connectivity index (χ2n) is 14.3. The van der Waals surface area contributed by atoms with Gasteiger partial charge in [-0.3, -0.25) is 28.8 Å². The third-order valence-electron chi connectivity index (χ3n) is 9.70. The van der Waals surface area contributed by atoms with Gasteiger partial charge < -0.3 is 31.1 Å². The van der Waals surface area contributed by atoms with Crippen LogP contribution in [0.5, 0.6) is 0 Å². The Kier molecular flexibility index (Phi) is 13.6. The lowest BCUT2D eigenvalue weighted by atomic mass is 10.0. The van der Waals surface area contributed by atoms with E-state index in [1.54, 1.807) is 62.4 Å². The number of nitrogens with zero attached hydrogens (tertiary/aromatic N) is 6. The van der Waals surface area contributed by atoms with E-state index in [4.69, 9.17) is 0 Å². The van der Waals surface area contributed by atoms with Gasteiger partial charge in [-0.2, -0.15) is 0 Å². The fourth-order valence-corrected chi connectivity index (χ4v) is 6.28. The van der Waals surface area contributed by atoms with Crippen molar-refractivity contribution in [3.05, 3.63) is 114 Å². The SMILES string of the molecule is CC(C)[C@H]1NC(=O)[C@H](C)N(C)C(=O)[C@H](Cc2ccccc2)NC(=O)CN(C(=O)c2ccc(Cn3cnnn3)cc2)C[C@@H](c2ccccc2)NC(=O)[C@H](C)NC1=O. The molecule has 1 aliphatic rings. The predicted molar refractivity (Wildman–Crippen MR) is 205 cm³/mol. The van der Waals surface area contributed by atoms with Gasteiger partial charge in [0, 0.05) is 25.6 Å². The third kappa shape index (κ3) is 10.6. The largest absolute Gasteiger partial charge is 0.346 e. The molecule has 4 aromatic rings. The van der Waals surface area contributed by atoms with Crippen molar-refractivity contribution in [1.29, 1.82) is 0 Å². The Bertz CT molecular complexity index is 1980. The quantitative estimate of drug-likeness (QED) is 0.214. The summed E-state index contributed by atoms with van der Waals surface area (Å²) in [6, 6.07) is 19.7. The van der Waals surface area contributed by atoms with E-state index in [1.165, 1.54) is 41.7 Å². The summed E-state index contributed by atoms with van der Waals surface area (Å²) in [7, 11) is 1.45. The highest BCUT2D eigenvalue weighted by molar-refractivity contribution is 5.98. The van der Waals surface area contributed by atoms with Crippen molar-refractivity contribution in [2.45, 2.75) is 70.9 Å². The number of carbonyl (C=O) groups is 6. The Morgan fingerprint density at radius 1 is 0.786 bits per heavy atom. The average Bonchev–Trinajstić information content (AvgIpc) is 3.71. The summed E-state index contributed by atoms with van der Waals surface area (Å²) in [4.78, 5) is 85.9. The van der Waals surface area contributed by atoms with Crippen LogP contribution in [0.2, 0.25) is 0 Å². The van der Waals surface area contributed by atoms with Crippen molar-refractivity contribution >= 4 is 35.4 Å². The van der Waals surface area contributed by atoms with Crippen LogP contribution in [0, 0.1) is 5.92 Å². The molecule has 1 aliphatic heterocycles. The molecule has 16 nitrogen and oxygen atoms in total. The predicted octanol–water partition coefficient (Wildman–Crippen LogP) is 1.25. The maximum atomic E-state index is 14.4. The van der Waals surface area contributed by atoms with E-state index >= 15 is 0 Å². The number of benzene rings is 3. The van der Waals surface area contributed by atoms with Crippen LogP contribution >= 0.6 is 0 Å². The van der Waals surface area contributed by atoms with Crippen LogP contribution in [-0.2, 0) is 36.9 Å². The molecule has 294 valence electrons. The summed E-state index contributed by atoms with van der Waals surface area (Å²) in [6.07, 6.45) is 1.57. The summed E-state index contributed by atoms with van der Waals surface area (Å²) in [5.74, 6) is -3.78. The molecule has 0 aliphatic carbocycles. The number of likely N-dealkylation sites (N-methyl/N-ethyl adjacent to an activating group) is 1. The number of hydrogen-bond donors (Lipinski definition) is 4. The minimum absolute atomic E-state index is 0.0956. The van der Waals surface area contributed by atoms with Crippen LogP contribution in [0.3, 0.4) is 0 Å². The molecule has 0 spiro atoms. The fraction of sp³-hybridized carbons (Fsp3) is 0.375. The molecular formula is C40H48N10O6. The zero-order chi connectivity index (χ0) is 40.4. The summed E-state index contributed by atoms with van der Waals surface area (Å²) in [5, 5.41) is 22.4. The molecule has 6 amide bonds. The molecule has 1 fully saturated rings.